The molecule has 3 heteroatoms. The van der Waals surface area contributed by atoms with E-state index in [0.29, 0.717) is 5.82 Å². The predicted octanol–water partition coefficient (Wildman–Crippen LogP) is 3.28. The van der Waals surface area contributed by atoms with Gasteiger partial charge >= 0.3 is 0 Å². The first-order chi connectivity index (χ1) is 9.15. The second-order valence-electron chi connectivity index (χ2n) is 4.98. The van der Waals surface area contributed by atoms with E-state index < -0.39 is 0 Å². The molecule has 1 heterocycles. The summed E-state index contributed by atoms with van der Waals surface area (Å²) in [4.78, 5) is 0. The number of para-hydroxylation sites is 1. The van der Waals surface area contributed by atoms with Gasteiger partial charge in [0.1, 0.15) is 0 Å². The molecule has 0 radical (unpaired) electrons. The molecule has 96 valence electrons. The van der Waals surface area contributed by atoms with Gasteiger partial charge in [0.05, 0.1) is 12.1 Å². The smallest absolute Gasteiger partial charge is 0.153 e. The number of benzene rings is 2. The Bertz CT molecular complexity index is 741. The maximum Gasteiger partial charge on any atom is 0.153 e. The summed E-state index contributed by atoms with van der Waals surface area (Å²) in [5.74, 6) is 0.597. The van der Waals surface area contributed by atoms with Gasteiger partial charge in [-0.15, -0.1) is 0 Å². The fourth-order valence-electron chi connectivity index (χ4n) is 2.35. The van der Waals surface area contributed by atoms with Crippen molar-refractivity contribution in [3.8, 4) is 0 Å². The molecule has 0 saturated heterocycles. The number of aryl methyl sites for hydroxylation is 2. The summed E-state index contributed by atoms with van der Waals surface area (Å²) in [7, 11) is 0. The maximum atomic E-state index is 5.95. The number of hydrogen-bond acceptors (Lipinski definition) is 2. The van der Waals surface area contributed by atoms with E-state index in [2.05, 4.69) is 43.2 Å². The van der Waals surface area contributed by atoms with Gasteiger partial charge in [0, 0.05) is 5.39 Å². The van der Waals surface area contributed by atoms with Gasteiger partial charge in [0.15, 0.2) is 5.82 Å². The highest BCUT2D eigenvalue weighted by atomic mass is 15.3. The van der Waals surface area contributed by atoms with Crippen LogP contribution in [0.4, 0.5) is 5.82 Å². The molecule has 0 spiro atoms. The number of nitrogen functional groups attached to an aromatic ring is 1. The van der Waals surface area contributed by atoms with Crippen LogP contribution in [0, 0.1) is 13.8 Å². The number of aromatic nitrogens is 2. The van der Waals surface area contributed by atoms with Crippen molar-refractivity contribution in [2.24, 2.45) is 0 Å². The number of nitrogens with two attached hydrogens (primary N) is 1. The minimum atomic E-state index is 0.597. The van der Waals surface area contributed by atoms with Crippen molar-refractivity contribution in [3.05, 3.63) is 59.2 Å². The van der Waals surface area contributed by atoms with Crippen LogP contribution in [0.25, 0.3) is 10.9 Å². The van der Waals surface area contributed by atoms with Crippen LogP contribution in [-0.2, 0) is 6.54 Å². The maximum absolute atomic E-state index is 5.95. The highest BCUT2D eigenvalue weighted by Crippen LogP contribution is 2.21. The summed E-state index contributed by atoms with van der Waals surface area (Å²) in [6.07, 6.45) is 0. The first-order valence-corrected chi connectivity index (χ1v) is 6.42. The van der Waals surface area contributed by atoms with Gasteiger partial charge in [-0.25, -0.2) is 0 Å². The predicted molar refractivity (Wildman–Crippen MR) is 79.2 cm³/mol. The van der Waals surface area contributed by atoms with Gasteiger partial charge in [-0.05, 0) is 42.7 Å². The molecule has 3 nitrogen and oxygen atoms in total. The van der Waals surface area contributed by atoms with Crippen LogP contribution in [0.3, 0.4) is 0 Å². The van der Waals surface area contributed by atoms with E-state index in [-0.39, 0.29) is 0 Å². The Morgan fingerprint density at radius 1 is 1.05 bits per heavy atom. The van der Waals surface area contributed by atoms with Crippen molar-refractivity contribution in [1.29, 1.82) is 0 Å². The molecule has 0 bridgehead atoms. The fraction of sp³-hybridized carbons (Fsp3) is 0.188. The standard InChI is InChI=1S/C16H17N3/c1-11-7-8-13(9-12(11)2)10-19-15-6-4-3-5-14(15)16(17)18-19/h3-9H,10H2,1-2H3,(H2,17,18). The lowest BCUT2D eigenvalue weighted by atomic mass is 10.1. The molecule has 0 aliphatic rings. The molecular weight excluding hydrogens is 234 g/mol. The zero-order valence-corrected chi connectivity index (χ0v) is 11.2. The zero-order valence-electron chi connectivity index (χ0n) is 11.2. The molecule has 0 aliphatic carbocycles. The molecule has 2 aromatic carbocycles. The van der Waals surface area contributed by atoms with Crippen LogP contribution in [-0.4, -0.2) is 9.78 Å². The second-order valence-corrected chi connectivity index (χ2v) is 4.98. The van der Waals surface area contributed by atoms with Crippen molar-refractivity contribution in [2.75, 3.05) is 5.73 Å². The molecule has 19 heavy (non-hydrogen) atoms. The quantitative estimate of drug-likeness (QED) is 0.759. The Morgan fingerprint density at radius 3 is 2.63 bits per heavy atom. The third-order valence-electron chi connectivity index (χ3n) is 3.59. The summed E-state index contributed by atoms with van der Waals surface area (Å²) in [5, 5.41) is 5.45. The van der Waals surface area contributed by atoms with E-state index in [1.807, 2.05) is 22.9 Å². The molecule has 3 rings (SSSR count). The zero-order chi connectivity index (χ0) is 13.4. The largest absolute Gasteiger partial charge is 0.382 e. The highest BCUT2D eigenvalue weighted by molar-refractivity contribution is 5.89. The topological polar surface area (TPSA) is 43.8 Å². The fourth-order valence-corrected chi connectivity index (χ4v) is 2.35. The van der Waals surface area contributed by atoms with Crippen molar-refractivity contribution in [2.45, 2.75) is 20.4 Å². The first-order valence-electron chi connectivity index (χ1n) is 6.42. The van der Waals surface area contributed by atoms with E-state index in [0.717, 1.165) is 17.4 Å². The van der Waals surface area contributed by atoms with E-state index in [9.17, 15) is 0 Å². The third-order valence-corrected chi connectivity index (χ3v) is 3.59. The minimum absolute atomic E-state index is 0.597. The summed E-state index contributed by atoms with van der Waals surface area (Å²) >= 11 is 0. The monoisotopic (exact) mass is 251 g/mol. The van der Waals surface area contributed by atoms with Crippen LogP contribution in [0.2, 0.25) is 0 Å². The third kappa shape index (κ3) is 2.08. The lowest BCUT2D eigenvalue weighted by molar-refractivity contribution is 0.715. The molecule has 3 aromatic rings. The van der Waals surface area contributed by atoms with E-state index in [1.165, 1.54) is 16.7 Å². The first kappa shape index (κ1) is 11.8. The molecule has 0 unspecified atom stereocenters. The molecule has 0 atom stereocenters. The van der Waals surface area contributed by atoms with Crippen molar-refractivity contribution >= 4 is 16.7 Å². The van der Waals surface area contributed by atoms with Crippen LogP contribution >= 0.6 is 0 Å². The Kier molecular flexibility index (Phi) is 2.75. The van der Waals surface area contributed by atoms with Gasteiger partial charge in [0.25, 0.3) is 0 Å². The Labute approximate surface area is 112 Å². The van der Waals surface area contributed by atoms with Crippen LogP contribution in [0.15, 0.2) is 42.5 Å². The molecule has 0 fully saturated rings. The molecule has 0 saturated carbocycles. The van der Waals surface area contributed by atoms with Crippen molar-refractivity contribution in [1.82, 2.24) is 9.78 Å². The molecule has 0 amide bonds. The lowest BCUT2D eigenvalue weighted by Gasteiger charge is -2.06. The minimum Gasteiger partial charge on any atom is -0.382 e. The van der Waals surface area contributed by atoms with Crippen LogP contribution in [0.5, 0.6) is 0 Å². The Balaban J connectivity index is 2.03. The summed E-state index contributed by atoms with van der Waals surface area (Å²) in [6.45, 7) is 5.01. The van der Waals surface area contributed by atoms with Crippen molar-refractivity contribution in [3.63, 3.8) is 0 Å². The number of nitrogens with zero attached hydrogens (tertiary/aromatic N) is 2. The van der Waals surface area contributed by atoms with E-state index in [4.69, 9.17) is 5.73 Å². The van der Waals surface area contributed by atoms with Crippen LogP contribution < -0.4 is 5.73 Å². The number of hydrogen-bond donors (Lipinski definition) is 1. The summed E-state index contributed by atoms with van der Waals surface area (Å²) in [6, 6.07) is 14.6. The van der Waals surface area contributed by atoms with Gasteiger partial charge in [-0.3, -0.25) is 4.68 Å². The molecule has 1 aromatic heterocycles. The number of fused-ring (bicyclic) bond motifs is 1. The average Bonchev–Trinajstić information content (AvgIpc) is 2.72. The molecule has 2 N–H and O–H groups in total. The number of rotatable bonds is 2. The normalized spacial score (nSPS) is 11.1. The van der Waals surface area contributed by atoms with Gasteiger partial charge in [-0.1, -0.05) is 30.3 Å². The van der Waals surface area contributed by atoms with Gasteiger partial charge < -0.3 is 5.73 Å². The van der Waals surface area contributed by atoms with Gasteiger partial charge in [0.2, 0.25) is 0 Å². The Morgan fingerprint density at radius 2 is 1.84 bits per heavy atom. The Hall–Kier alpha value is -2.29. The summed E-state index contributed by atoms with van der Waals surface area (Å²) in [5.41, 5.74) is 10.9. The highest BCUT2D eigenvalue weighted by Gasteiger charge is 2.07. The molecular formula is C16H17N3. The van der Waals surface area contributed by atoms with Crippen LogP contribution in [0.1, 0.15) is 16.7 Å². The summed E-state index contributed by atoms with van der Waals surface area (Å²) < 4.78 is 1.97. The number of anilines is 1. The SMILES string of the molecule is Cc1ccc(Cn2nc(N)c3ccccc32)cc1C. The average molecular weight is 251 g/mol. The lowest BCUT2D eigenvalue weighted by Crippen LogP contribution is -2.02. The van der Waals surface area contributed by atoms with Gasteiger partial charge in [-0.2, -0.15) is 5.10 Å². The van der Waals surface area contributed by atoms with E-state index in [1.54, 1.807) is 0 Å². The van der Waals surface area contributed by atoms with Crippen molar-refractivity contribution < 1.29 is 0 Å². The second kappa shape index (κ2) is 4.43. The molecule has 0 aliphatic heterocycles. The van der Waals surface area contributed by atoms with E-state index >= 15 is 0 Å².